The number of hydrogen-bond acceptors (Lipinski definition) is 4. The molecular formula is C13H22N4O. The number of rotatable bonds is 5. The summed E-state index contributed by atoms with van der Waals surface area (Å²) in [7, 11) is 0. The van der Waals surface area contributed by atoms with Crippen molar-refractivity contribution < 1.29 is 4.74 Å². The largest absolute Gasteiger partial charge is 0.381 e. The first-order chi connectivity index (χ1) is 8.90. The van der Waals surface area contributed by atoms with Gasteiger partial charge < -0.3 is 15.4 Å². The Balaban J connectivity index is 1.46. The second kappa shape index (κ2) is 5.71. The summed E-state index contributed by atoms with van der Waals surface area (Å²) < 4.78 is 7.60. The van der Waals surface area contributed by atoms with E-state index in [1.807, 2.05) is 10.9 Å². The second-order valence-electron chi connectivity index (χ2n) is 5.26. The molecule has 1 aromatic rings. The van der Waals surface area contributed by atoms with Gasteiger partial charge in [-0.1, -0.05) is 0 Å². The van der Waals surface area contributed by atoms with Crippen molar-refractivity contribution in [3.05, 3.63) is 12.4 Å². The van der Waals surface area contributed by atoms with E-state index < -0.39 is 0 Å². The van der Waals surface area contributed by atoms with E-state index in [4.69, 9.17) is 4.74 Å². The van der Waals surface area contributed by atoms with Crippen LogP contribution in [-0.2, 0) is 11.3 Å². The molecule has 0 saturated carbocycles. The van der Waals surface area contributed by atoms with Crippen LogP contribution >= 0.6 is 0 Å². The van der Waals surface area contributed by atoms with Crippen molar-refractivity contribution >= 4 is 5.69 Å². The fraction of sp³-hybridized carbons (Fsp3) is 0.769. The smallest absolute Gasteiger partial charge is 0.0771 e. The molecule has 2 saturated heterocycles. The van der Waals surface area contributed by atoms with Crippen molar-refractivity contribution in [3.63, 3.8) is 0 Å². The van der Waals surface area contributed by atoms with Gasteiger partial charge >= 0.3 is 0 Å². The molecular weight excluding hydrogens is 228 g/mol. The highest BCUT2D eigenvalue weighted by molar-refractivity contribution is 5.38. The number of nitrogens with zero attached hydrogens (tertiary/aromatic N) is 2. The summed E-state index contributed by atoms with van der Waals surface area (Å²) in [6, 6.07) is 0.617. The van der Waals surface area contributed by atoms with E-state index >= 15 is 0 Å². The number of aromatic nitrogens is 2. The van der Waals surface area contributed by atoms with Gasteiger partial charge in [-0.05, 0) is 32.2 Å². The van der Waals surface area contributed by atoms with Crippen LogP contribution in [0, 0.1) is 0 Å². The van der Waals surface area contributed by atoms with E-state index in [1.54, 1.807) is 0 Å². The Morgan fingerprint density at radius 3 is 3.22 bits per heavy atom. The summed E-state index contributed by atoms with van der Waals surface area (Å²) in [4.78, 5) is 0. The Morgan fingerprint density at radius 1 is 1.44 bits per heavy atom. The van der Waals surface area contributed by atoms with Gasteiger partial charge in [0.05, 0.1) is 24.5 Å². The molecule has 3 heterocycles. The first-order valence-corrected chi connectivity index (χ1v) is 7.01. The highest BCUT2D eigenvalue weighted by Gasteiger charge is 2.17. The summed E-state index contributed by atoms with van der Waals surface area (Å²) in [5.74, 6) is 0. The van der Waals surface area contributed by atoms with Crippen LogP contribution < -0.4 is 10.6 Å². The minimum Gasteiger partial charge on any atom is -0.381 e. The van der Waals surface area contributed by atoms with E-state index in [1.165, 1.54) is 19.3 Å². The third-order valence-corrected chi connectivity index (χ3v) is 3.76. The molecule has 0 bridgehead atoms. The third kappa shape index (κ3) is 3.03. The summed E-state index contributed by atoms with van der Waals surface area (Å²) in [5.41, 5.74) is 1.11. The van der Waals surface area contributed by atoms with E-state index in [0.717, 1.165) is 38.3 Å². The first-order valence-electron chi connectivity index (χ1n) is 7.01. The number of nitrogens with one attached hydrogen (secondary N) is 2. The third-order valence-electron chi connectivity index (χ3n) is 3.76. The molecule has 0 radical (unpaired) electrons. The molecule has 1 aromatic heterocycles. The Bertz CT molecular complexity index is 367. The van der Waals surface area contributed by atoms with Gasteiger partial charge in [-0.15, -0.1) is 0 Å². The van der Waals surface area contributed by atoms with E-state index in [-0.39, 0.29) is 0 Å². The molecule has 3 rings (SSSR count). The van der Waals surface area contributed by atoms with Crippen LogP contribution in [0.4, 0.5) is 5.69 Å². The summed E-state index contributed by atoms with van der Waals surface area (Å²) >= 11 is 0. The zero-order chi connectivity index (χ0) is 12.2. The molecule has 2 unspecified atom stereocenters. The number of hydrogen-bond donors (Lipinski definition) is 2. The molecule has 0 amide bonds. The predicted octanol–water partition coefficient (Wildman–Crippen LogP) is 1.23. The zero-order valence-corrected chi connectivity index (χ0v) is 10.8. The summed E-state index contributed by atoms with van der Waals surface area (Å²) in [6.07, 6.45) is 9.26. The fourth-order valence-electron chi connectivity index (χ4n) is 2.72. The van der Waals surface area contributed by atoms with E-state index in [9.17, 15) is 0 Å². The quantitative estimate of drug-likeness (QED) is 0.825. The highest BCUT2D eigenvalue weighted by Crippen LogP contribution is 2.15. The van der Waals surface area contributed by atoms with Crippen molar-refractivity contribution in [2.75, 3.05) is 25.0 Å². The average molecular weight is 250 g/mol. The van der Waals surface area contributed by atoms with Gasteiger partial charge in [-0.3, -0.25) is 4.68 Å². The molecule has 0 aliphatic carbocycles. The van der Waals surface area contributed by atoms with Crippen LogP contribution in [0.3, 0.4) is 0 Å². The van der Waals surface area contributed by atoms with E-state index in [0.29, 0.717) is 12.1 Å². The van der Waals surface area contributed by atoms with Gasteiger partial charge in [0.1, 0.15) is 0 Å². The molecule has 5 nitrogen and oxygen atoms in total. The Hall–Kier alpha value is -1.07. The maximum atomic E-state index is 5.62. The Morgan fingerprint density at radius 2 is 2.44 bits per heavy atom. The maximum absolute atomic E-state index is 5.62. The van der Waals surface area contributed by atoms with E-state index in [2.05, 4.69) is 21.9 Å². The molecule has 5 heteroatoms. The molecule has 0 spiro atoms. The lowest BCUT2D eigenvalue weighted by Gasteiger charge is -2.11. The SMILES string of the molecule is c1nn(CC2CCCO2)cc1NCC1CCCN1. The molecule has 2 fully saturated rings. The van der Waals surface area contributed by atoms with Gasteiger partial charge in [0.2, 0.25) is 0 Å². The van der Waals surface area contributed by atoms with Crippen molar-refractivity contribution in [2.24, 2.45) is 0 Å². The fourth-order valence-corrected chi connectivity index (χ4v) is 2.72. The summed E-state index contributed by atoms with van der Waals surface area (Å²) in [5, 5.41) is 11.3. The van der Waals surface area contributed by atoms with Crippen LogP contribution in [0.15, 0.2) is 12.4 Å². The van der Waals surface area contributed by atoms with Crippen molar-refractivity contribution in [1.29, 1.82) is 0 Å². The average Bonchev–Trinajstić information content (AvgIpc) is 3.09. The van der Waals surface area contributed by atoms with Gasteiger partial charge in [0, 0.05) is 25.4 Å². The van der Waals surface area contributed by atoms with Crippen molar-refractivity contribution in [3.8, 4) is 0 Å². The van der Waals surface area contributed by atoms with Crippen LogP contribution in [0.5, 0.6) is 0 Å². The maximum Gasteiger partial charge on any atom is 0.0771 e. The number of anilines is 1. The minimum absolute atomic E-state index is 0.356. The predicted molar refractivity (Wildman–Crippen MR) is 70.7 cm³/mol. The van der Waals surface area contributed by atoms with Gasteiger partial charge in [0.25, 0.3) is 0 Å². The van der Waals surface area contributed by atoms with Crippen molar-refractivity contribution in [1.82, 2.24) is 15.1 Å². The van der Waals surface area contributed by atoms with Gasteiger partial charge in [0.15, 0.2) is 0 Å². The summed E-state index contributed by atoms with van der Waals surface area (Å²) in [6.45, 7) is 3.93. The molecule has 2 aliphatic heterocycles. The molecule has 2 N–H and O–H groups in total. The van der Waals surface area contributed by atoms with Crippen LogP contribution in [0.2, 0.25) is 0 Å². The molecule has 100 valence electrons. The lowest BCUT2D eigenvalue weighted by atomic mass is 10.2. The Kier molecular flexibility index (Phi) is 3.81. The van der Waals surface area contributed by atoms with Crippen LogP contribution in [0.1, 0.15) is 25.7 Å². The lowest BCUT2D eigenvalue weighted by molar-refractivity contribution is 0.0940. The molecule has 2 atom stereocenters. The zero-order valence-electron chi connectivity index (χ0n) is 10.8. The highest BCUT2D eigenvalue weighted by atomic mass is 16.5. The van der Waals surface area contributed by atoms with Gasteiger partial charge in [-0.2, -0.15) is 5.10 Å². The molecule has 18 heavy (non-hydrogen) atoms. The van der Waals surface area contributed by atoms with Crippen molar-refractivity contribution in [2.45, 2.75) is 44.4 Å². The second-order valence-corrected chi connectivity index (χ2v) is 5.26. The standard InChI is InChI=1S/C13H22N4O/c1-3-11(14-5-1)7-15-12-8-16-17(9-12)10-13-4-2-6-18-13/h8-9,11,13-15H,1-7,10H2. The van der Waals surface area contributed by atoms with Crippen LogP contribution in [-0.4, -0.2) is 41.6 Å². The minimum atomic E-state index is 0.356. The van der Waals surface area contributed by atoms with Crippen LogP contribution in [0.25, 0.3) is 0 Å². The number of ether oxygens (including phenoxy) is 1. The monoisotopic (exact) mass is 250 g/mol. The lowest BCUT2D eigenvalue weighted by Crippen LogP contribution is -2.29. The molecule has 0 aromatic carbocycles. The Labute approximate surface area is 108 Å². The first kappa shape index (κ1) is 12.0. The normalized spacial score (nSPS) is 27.8. The topological polar surface area (TPSA) is 51.1 Å². The van der Waals surface area contributed by atoms with Gasteiger partial charge in [-0.25, -0.2) is 0 Å². The molecule has 2 aliphatic rings.